The van der Waals surface area contributed by atoms with Gasteiger partial charge < -0.3 is 11.1 Å². The molecule has 0 aliphatic rings. The second-order valence-electron chi connectivity index (χ2n) is 6.36. The van der Waals surface area contributed by atoms with Gasteiger partial charge in [0, 0.05) is 11.3 Å². The van der Waals surface area contributed by atoms with Crippen molar-refractivity contribution in [1.82, 2.24) is 9.55 Å². The highest BCUT2D eigenvalue weighted by molar-refractivity contribution is 7.20. The molecule has 3 aromatic rings. The standard InChI is InChI=1S/C19H18N4O4S/c1-9-14-18(28-15(9)16(20)25)21-8-23(19(14)27)10(2)17(26)22-13-6-4-5-12(7-13)11(3)24/h4-8,10H,1-3H3,(H2,20,25)(H,22,26). The highest BCUT2D eigenvalue weighted by atomic mass is 32.1. The van der Waals surface area contributed by atoms with Crippen LogP contribution in [0.2, 0.25) is 0 Å². The van der Waals surface area contributed by atoms with Crippen LogP contribution in [0, 0.1) is 6.92 Å². The molecule has 1 atom stereocenters. The number of nitrogens with zero attached hydrogens (tertiary/aromatic N) is 2. The first kappa shape index (κ1) is 19.4. The average molecular weight is 398 g/mol. The van der Waals surface area contributed by atoms with Crippen LogP contribution in [0.15, 0.2) is 35.4 Å². The number of carbonyl (C=O) groups is 3. The Labute approximate surface area is 164 Å². The summed E-state index contributed by atoms with van der Waals surface area (Å²) >= 11 is 1.05. The average Bonchev–Trinajstić information content (AvgIpc) is 2.99. The van der Waals surface area contributed by atoms with Crippen LogP contribution in [0.4, 0.5) is 5.69 Å². The zero-order chi connectivity index (χ0) is 20.6. The summed E-state index contributed by atoms with van der Waals surface area (Å²) in [7, 11) is 0. The maximum Gasteiger partial charge on any atom is 0.263 e. The number of carbonyl (C=O) groups excluding carboxylic acids is 3. The Hall–Kier alpha value is -3.33. The fourth-order valence-electron chi connectivity index (χ4n) is 2.84. The molecule has 2 heterocycles. The van der Waals surface area contributed by atoms with Gasteiger partial charge in [-0.25, -0.2) is 4.98 Å². The second-order valence-corrected chi connectivity index (χ2v) is 7.36. The summed E-state index contributed by atoms with van der Waals surface area (Å²) in [4.78, 5) is 53.4. The van der Waals surface area contributed by atoms with Gasteiger partial charge in [0.05, 0.1) is 16.6 Å². The van der Waals surface area contributed by atoms with Crippen LogP contribution in [-0.2, 0) is 4.79 Å². The van der Waals surface area contributed by atoms with E-state index in [9.17, 15) is 19.2 Å². The zero-order valence-corrected chi connectivity index (χ0v) is 16.3. The van der Waals surface area contributed by atoms with Gasteiger partial charge in [0.1, 0.15) is 10.9 Å². The van der Waals surface area contributed by atoms with Crippen LogP contribution in [0.1, 0.15) is 45.5 Å². The van der Waals surface area contributed by atoms with Gasteiger partial charge in [-0.2, -0.15) is 0 Å². The van der Waals surface area contributed by atoms with Gasteiger partial charge in [-0.05, 0) is 38.5 Å². The van der Waals surface area contributed by atoms with Crippen molar-refractivity contribution in [3.05, 3.63) is 57.0 Å². The number of thiophene rings is 1. The van der Waals surface area contributed by atoms with E-state index in [4.69, 9.17) is 5.73 Å². The van der Waals surface area contributed by atoms with Crippen molar-refractivity contribution in [2.24, 2.45) is 5.73 Å². The lowest BCUT2D eigenvalue weighted by molar-refractivity contribution is -0.118. The summed E-state index contributed by atoms with van der Waals surface area (Å²) < 4.78 is 1.21. The van der Waals surface area contributed by atoms with E-state index in [1.54, 1.807) is 38.1 Å². The third-order valence-electron chi connectivity index (χ3n) is 4.43. The number of hydrogen-bond donors (Lipinski definition) is 2. The van der Waals surface area contributed by atoms with Crippen molar-refractivity contribution in [2.75, 3.05) is 5.32 Å². The van der Waals surface area contributed by atoms with Crippen molar-refractivity contribution < 1.29 is 14.4 Å². The van der Waals surface area contributed by atoms with Gasteiger partial charge in [-0.3, -0.25) is 23.7 Å². The smallest absolute Gasteiger partial charge is 0.263 e. The van der Waals surface area contributed by atoms with E-state index >= 15 is 0 Å². The minimum absolute atomic E-state index is 0.117. The Morgan fingerprint density at radius 1 is 1.29 bits per heavy atom. The number of fused-ring (bicyclic) bond motifs is 1. The zero-order valence-electron chi connectivity index (χ0n) is 15.5. The summed E-state index contributed by atoms with van der Waals surface area (Å²) in [5.74, 6) is -1.18. The fraction of sp³-hybridized carbons (Fsp3) is 0.211. The highest BCUT2D eigenvalue weighted by Crippen LogP contribution is 2.26. The van der Waals surface area contributed by atoms with Gasteiger partial charge in [0.2, 0.25) is 5.91 Å². The monoisotopic (exact) mass is 398 g/mol. The second kappa shape index (κ2) is 7.35. The molecule has 28 heavy (non-hydrogen) atoms. The molecule has 2 amide bonds. The molecular formula is C19H18N4O4S. The predicted octanol–water partition coefficient (Wildman–Crippen LogP) is 2.27. The van der Waals surface area contributed by atoms with Crippen molar-refractivity contribution in [3.63, 3.8) is 0 Å². The number of Topliss-reactive ketones (excluding diaryl/α,β-unsaturated/α-hetero) is 1. The number of hydrogen-bond acceptors (Lipinski definition) is 6. The number of nitrogens with one attached hydrogen (secondary N) is 1. The third-order valence-corrected chi connectivity index (χ3v) is 5.65. The summed E-state index contributed by atoms with van der Waals surface area (Å²) in [6.07, 6.45) is 1.28. The van der Waals surface area contributed by atoms with E-state index in [2.05, 4.69) is 10.3 Å². The molecule has 0 spiro atoms. The van der Waals surface area contributed by atoms with Crippen molar-refractivity contribution in [3.8, 4) is 0 Å². The Morgan fingerprint density at radius 3 is 2.64 bits per heavy atom. The maximum absolute atomic E-state index is 12.9. The summed E-state index contributed by atoms with van der Waals surface area (Å²) in [5, 5.41) is 2.98. The van der Waals surface area contributed by atoms with E-state index in [1.807, 2.05) is 0 Å². The van der Waals surface area contributed by atoms with Crippen LogP contribution in [0.25, 0.3) is 10.2 Å². The lowest BCUT2D eigenvalue weighted by Crippen LogP contribution is -2.31. The normalized spacial score (nSPS) is 12.0. The number of primary amides is 1. The Morgan fingerprint density at radius 2 is 2.00 bits per heavy atom. The first-order chi connectivity index (χ1) is 13.2. The van der Waals surface area contributed by atoms with Crippen molar-refractivity contribution >= 4 is 44.8 Å². The van der Waals surface area contributed by atoms with Gasteiger partial charge in [-0.1, -0.05) is 12.1 Å². The molecule has 0 aliphatic heterocycles. The van der Waals surface area contributed by atoms with Crippen LogP contribution in [-0.4, -0.2) is 27.1 Å². The Balaban J connectivity index is 1.94. The van der Waals surface area contributed by atoms with E-state index in [0.717, 1.165) is 11.3 Å². The van der Waals surface area contributed by atoms with E-state index in [0.29, 0.717) is 21.6 Å². The SMILES string of the molecule is CC(=O)c1cccc(NC(=O)C(C)n2cnc3sc(C(N)=O)c(C)c3c2=O)c1. The van der Waals surface area contributed by atoms with Gasteiger partial charge in [-0.15, -0.1) is 11.3 Å². The van der Waals surface area contributed by atoms with Gasteiger partial charge in [0.15, 0.2) is 5.78 Å². The number of rotatable bonds is 5. The van der Waals surface area contributed by atoms with Crippen LogP contribution in [0.3, 0.4) is 0 Å². The molecule has 1 unspecified atom stereocenters. The topological polar surface area (TPSA) is 124 Å². The first-order valence-corrected chi connectivity index (χ1v) is 9.24. The van der Waals surface area contributed by atoms with E-state index in [-0.39, 0.29) is 16.0 Å². The lowest BCUT2D eigenvalue weighted by Gasteiger charge is -2.15. The van der Waals surface area contributed by atoms with E-state index in [1.165, 1.54) is 17.8 Å². The Kier molecular flexibility index (Phi) is 5.10. The number of anilines is 1. The fourth-order valence-corrected chi connectivity index (χ4v) is 3.83. The summed E-state index contributed by atoms with van der Waals surface area (Å²) in [6.45, 7) is 4.63. The molecule has 1 aromatic carbocycles. The van der Waals surface area contributed by atoms with Gasteiger partial charge >= 0.3 is 0 Å². The molecule has 2 aromatic heterocycles. The first-order valence-electron chi connectivity index (χ1n) is 8.42. The molecule has 0 saturated carbocycles. The van der Waals surface area contributed by atoms with Crippen molar-refractivity contribution in [2.45, 2.75) is 26.8 Å². The molecule has 8 nitrogen and oxygen atoms in total. The quantitative estimate of drug-likeness (QED) is 0.638. The lowest BCUT2D eigenvalue weighted by atomic mass is 10.1. The predicted molar refractivity (Wildman–Crippen MR) is 107 cm³/mol. The van der Waals surface area contributed by atoms with Gasteiger partial charge in [0.25, 0.3) is 11.5 Å². The van der Waals surface area contributed by atoms with Crippen LogP contribution < -0.4 is 16.6 Å². The molecule has 0 radical (unpaired) electrons. The van der Waals surface area contributed by atoms with Crippen LogP contribution >= 0.6 is 11.3 Å². The summed E-state index contributed by atoms with van der Waals surface area (Å²) in [5.41, 5.74) is 6.30. The molecule has 0 fully saturated rings. The van der Waals surface area contributed by atoms with E-state index < -0.39 is 23.4 Å². The largest absolute Gasteiger partial charge is 0.365 e. The number of nitrogens with two attached hydrogens (primary N) is 1. The molecule has 0 bridgehead atoms. The van der Waals surface area contributed by atoms with Crippen LogP contribution in [0.5, 0.6) is 0 Å². The molecule has 3 N–H and O–H groups in total. The molecular weight excluding hydrogens is 380 g/mol. The summed E-state index contributed by atoms with van der Waals surface area (Å²) in [6, 6.07) is 5.68. The third kappa shape index (κ3) is 3.44. The molecule has 0 aliphatic carbocycles. The molecule has 0 saturated heterocycles. The Bertz CT molecular complexity index is 1180. The number of ketones is 1. The number of aryl methyl sites for hydroxylation is 1. The molecule has 9 heteroatoms. The maximum atomic E-state index is 12.9. The minimum atomic E-state index is -0.860. The number of benzene rings is 1. The minimum Gasteiger partial charge on any atom is -0.365 e. The number of aromatic nitrogens is 2. The highest BCUT2D eigenvalue weighted by Gasteiger charge is 2.22. The van der Waals surface area contributed by atoms with Crippen molar-refractivity contribution in [1.29, 1.82) is 0 Å². The number of amides is 2. The molecule has 144 valence electrons. The molecule has 3 rings (SSSR count).